The highest BCUT2D eigenvalue weighted by atomic mass is 31.2. The summed E-state index contributed by atoms with van der Waals surface area (Å²) in [6, 6.07) is 21.1. The fourth-order valence-corrected chi connectivity index (χ4v) is 6.50. The van der Waals surface area contributed by atoms with E-state index < -0.39 is 7.60 Å². The van der Waals surface area contributed by atoms with Gasteiger partial charge in [0, 0.05) is 23.7 Å². The summed E-state index contributed by atoms with van der Waals surface area (Å²) in [4.78, 5) is 13.3. The first kappa shape index (κ1) is 24.5. The number of benzene rings is 2. The Bertz CT molecular complexity index is 1130. The van der Waals surface area contributed by atoms with Crippen LogP contribution in [0.1, 0.15) is 59.9 Å². The molecule has 0 amide bonds. The van der Waals surface area contributed by atoms with Crippen LogP contribution in [0, 0.1) is 0 Å². The fraction of sp³-hybridized carbons (Fsp3) is 0.370. The molecule has 2 heterocycles. The molecule has 3 aromatic rings. The molecule has 6 nitrogen and oxygen atoms in total. The van der Waals surface area contributed by atoms with Crippen molar-refractivity contribution in [2.24, 2.45) is 0 Å². The van der Waals surface area contributed by atoms with Crippen molar-refractivity contribution < 1.29 is 23.1 Å². The molecule has 2 aromatic carbocycles. The van der Waals surface area contributed by atoms with E-state index in [2.05, 4.69) is 4.57 Å². The van der Waals surface area contributed by atoms with E-state index in [9.17, 15) is 9.36 Å². The lowest BCUT2D eigenvalue weighted by Crippen LogP contribution is -2.22. The minimum absolute atomic E-state index is 0.0284. The van der Waals surface area contributed by atoms with Gasteiger partial charge in [0.05, 0.1) is 25.1 Å². The van der Waals surface area contributed by atoms with Crippen LogP contribution in [0.15, 0.2) is 66.7 Å². The third-order valence-corrected chi connectivity index (χ3v) is 8.25. The summed E-state index contributed by atoms with van der Waals surface area (Å²) in [6.07, 6.45) is 2.14. The Labute approximate surface area is 201 Å². The molecule has 1 atom stereocenters. The molecule has 0 N–H and O–H groups in total. The van der Waals surface area contributed by atoms with Crippen molar-refractivity contribution in [1.82, 2.24) is 4.57 Å². The second-order valence-electron chi connectivity index (χ2n) is 8.39. The first-order valence-electron chi connectivity index (χ1n) is 11.9. The van der Waals surface area contributed by atoms with Crippen molar-refractivity contribution >= 4 is 13.4 Å². The number of rotatable bonds is 11. The van der Waals surface area contributed by atoms with Gasteiger partial charge >= 0.3 is 7.60 Å². The van der Waals surface area contributed by atoms with Crippen molar-refractivity contribution in [1.29, 1.82) is 0 Å². The number of aromatic nitrogens is 1. The summed E-state index contributed by atoms with van der Waals surface area (Å²) in [6.45, 7) is 5.59. The van der Waals surface area contributed by atoms with Crippen molar-refractivity contribution in [3.63, 3.8) is 0 Å². The standard InChI is InChI=1S/C27H32NO5P/c1-3-32-34(30,33-4-2)20-23-11-8-18-28-25(23)16-17-26(28)27(29)22-12-14-24(15-13-22)31-19-21-9-6-5-7-10-21/h5-7,9-10,12-17,23H,3-4,8,11,18-20H2,1-2H3. The first-order chi connectivity index (χ1) is 16.5. The zero-order chi connectivity index (χ0) is 24.0. The number of carbonyl (C=O) groups excluding carboxylic acids is 1. The topological polar surface area (TPSA) is 66.8 Å². The van der Waals surface area contributed by atoms with Gasteiger partial charge in [0.2, 0.25) is 5.78 Å². The quantitative estimate of drug-likeness (QED) is 0.233. The number of fused-ring (bicyclic) bond motifs is 1. The van der Waals surface area contributed by atoms with Gasteiger partial charge in [-0.3, -0.25) is 9.36 Å². The van der Waals surface area contributed by atoms with E-state index in [-0.39, 0.29) is 11.7 Å². The maximum Gasteiger partial charge on any atom is 0.331 e. The molecule has 180 valence electrons. The van der Waals surface area contributed by atoms with Gasteiger partial charge < -0.3 is 18.4 Å². The predicted molar refractivity (Wildman–Crippen MR) is 133 cm³/mol. The Morgan fingerprint density at radius 1 is 0.971 bits per heavy atom. The summed E-state index contributed by atoms with van der Waals surface area (Å²) in [7, 11) is -3.16. The van der Waals surface area contributed by atoms with E-state index in [1.165, 1.54) is 0 Å². The van der Waals surface area contributed by atoms with E-state index in [1.54, 1.807) is 12.1 Å². The summed E-state index contributed by atoms with van der Waals surface area (Å²) in [5, 5.41) is 0. The third kappa shape index (κ3) is 5.69. The normalized spacial score (nSPS) is 15.6. The molecule has 0 saturated carbocycles. The van der Waals surface area contributed by atoms with Crippen LogP contribution in [0.5, 0.6) is 5.75 Å². The van der Waals surface area contributed by atoms with Gasteiger partial charge in [0.1, 0.15) is 12.4 Å². The Morgan fingerprint density at radius 3 is 2.35 bits per heavy atom. The van der Waals surface area contributed by atoms with Crippen LogP contribution in [-0.2, 0) is 26.8 Å². The molecule has 4 rings (SSSR count). The Morgan fingerprint density at radius 2 is 1.68 bits per heavy atom. The lowest BCUT2D eigenvalue weighted by molar-refractivity contribution is 0.102. The monoisotopic (exact) mass is 481 g/mol. The van der Waals surface area contributed by atoms with Crippen molar-refractivity contribution in [3.8, 4) is 5.75 Å². The van der Waals surface area contributed by atoms with E-state index in [0.29, 0.717) is 37.2 Å². The maximum atomic E-state index is 13.3. The molecular weight excluding hydrogens is 449 g/mol. The molecule has 0 fully saturated rings. The molecule has 34 heavy (non-hydrogen) atoms. The van der Waals surface area contributed by atoms with Gasteiger partial charge in [-0.05, 0) is 68.7 Å². The van der Waals surface area contributed by atoms with Crippen molar-refractivity contribution in [2.75, 3.05) is 19.4 Å². The Balaban J connectivity index is 1.47. The van der Waals surface area contributed by atoms with Crippen LogP contribution in [0.3, 0.4) is 0 Å². The molecule has 0 radical (unpaired) electrons. The Kier molecular flexibility index (Phi) is 8.04. The predicted octanol–water partition coefficient (Wildman–Crippen LogP) is 6.44. The van der Waals surface area contributed by atoms with Gasteiger partial charge in [-0.2, -0.15) is 0 Å². The molecule has 0 spiro atoms. The van der Waals surface area contributed by atoms with Gasteiger partial charge in [0.15, 0.2) is 0 Å². The molecule has 1 aliphatic heterocycles. The molecule has 0 bridgehead atoms. The van der Waals surface area contributed by atoms with Crippen LogP contribution in [0.25, 0.3) is 0 Å². The number of ketones is 1. The van der Waals surface area contributed by atoms with Crippen LogP contribution < -0.4 is 4.74 Å². The highest BCUT2D eigenvalue weighted by molar-refractivity contribution is 7.53. The molecule has 1 aromatic heterocycles. The smallest absolute Gasteiger partial charge is 0.331 e. The number of carbonyl (C=O) groups is 1. The maximum absolute atomic E-state index is 13.3. The molecular formula is C27H32NO5P. The van der Waals surface area contributed by atoms with E-state index >= 15 is 0 Å². The highest BCUT2D eigenvalue weighted by Crippen LogP contribution is 2.52. The van der Waals surface area contributed by atoms with Gasteiger partial charge in [-0.15, -0.1) is 0 Å². The molecule has 0 saturated heterocycles. The van der Waals surface area contributed by atoms with Crippen molar-refractivity contribution in [2.45, 2.75) is 45.8 Å². The summed E-state index contributed by atoms with van der Waals surface area (Å²) < 4.78 is 32.0. The van der Waals surface area contributed by atoms with Crippen LogP contribution in [-0.4, -0.2) is 29.7 Å². The van der Waals surface area contributed by atoms with E-state index in [1.807, 2.05) is 68.4 Å². The number of hydrogen-bond acceptors (Lipinski definition) is 5. The number of nitrogens with zero attached hydrogens (tertiary/aromatic N) is 1. The van der Waals surface area contributed by atoms with Gasteiger partial charge in [-0.25, -0.2) is 0 Å². The van der Waals surface area contributed by atoms with Crippen molar-refractivity contribution in [3.05, 3.63) is 89.2 Å². The minimum atomic E-state index is -3.16. The summed E-state index contributed by atoms with van der Waals surface area (Å²) in [5.41, 5.74) is 3.39. The highest BCUT2D eigenvalue weighted by Gasteiger charge is 2.33. The number of hydrogen-bond donors (Lipinski definition) is 0. The first-order valence-corrected chi connectivity index (χ1v) is 13.6. The number of ether oxygens (including phenoxy) is 1. The van der Waals surface area contributed by atoms with E-state index in [0.717, 1.165) is 36.4 Å². The lowest BCUT2D eigenvalue weighted by atomic mass is 9.98. The third-order valence-electron chi connectivity index (χ3n) is 6.06. The van der Waals surface area contributed by atoms with Crippen LogP contribution >= 0.6 is 7.60 Å². The fourth-order valence-electron chi connectivity index (χ4n) is 4.51. The average Bonchev–Trinajstić information content (AvgIpc) is 3.29. The average molecular weight is 482 g/mol. The lowest BCUT2D eigenvalue weighted by Gasteiger charge is -2.28. The zero-order valence-corrected chi connectivity index (χ0v) is 20.7. The van der Waals surface area contributed by atoms with E-state index in [4.69, 9.17) is 13.8 Å². The van der Waals surface area contributed by atoms with Crippen LogP contribution in [0.4, 0.5) is 0 Å². The summed E-state index contributed by atoms with van der Waals surface area (Å²) in [5.74, 6) is 0.729. The molecule has 7 heteroatoms. The SMILES string of the molecule is CCOP(=O)(CC1CCCn2c(C(=O)c3ccc(OCc4ccccc4)cc3)ccc21)OCC. The molecule has 1 unspecified atom stereocenters. The second-order valence-corrected chi connectivity index (χ2v) is 10.5. The van der Waals surface area contributed by atoms with Gasteiger partial charge in [0.25, 0.3) is 0 Å². The second kappa shape index (κ2) is 11.2. The zero-order valence-electron chi connectivity index (χ0n) is 19.8. The molecule has 1 aliphatic rings. The Hall–Kier alpha value is -2.66. The largest absolute Gasteiger partial charge is 0.489 e. The van der Waals surface area contributed by atoms with Gasteiger partial charge in [-0.1, -0.05) is 30.3 Å². The minimum Gasteiger partial charge on any atom is -0.489 e. The summed E-state index contributed by atoms with van der Waals surface area (Å²) >= 11 is 0. The molecule has 0 aliphatic carbocycles. The van der Waals surface area contributed by atoms with Crippen LogP contribution in [0.2, 0.25) is 0 Å².